The lowest BCUT2D eigenvalue weighted by molar-refractivity contribution is 0.1000. The molecule has 5 nitrogen and oxygen atoms in total. The van der Waals surface area contributed by atoms with Crippen molar-refractivity contribution in [3.63, 3.8) is 0 Å². The van der Waals surface area contributed by atoms with Crippen LogP contribution < -0.4 is 5.73 Å². The molecule has 0 saturated heterocycles. The molecule has 0 unspecified atom stereocenters. The van der Waals surface area contributed by atoms with E-state index in [1.807, 2.05) is 24.6 Å². The van der Waals surface area contributed by atoms with Crippen LogP contribution in [0.15, 0.2) is 30.0 Å². The number of unbranched alkanes of at least 4 members (excludes halogenated alkanes) is 1. The number of carbonyl (C=O) groups excluding carboxylic acids is 1. The summed E-state index contributed by atoms with van der Waals surface area (Å²) in [6.45, 7) is 4.99. The summed E-state index contributed by atoms with van der Waals surface area (Å²) in [4.78, 5) is 20.6. The maximum absolute atomic E-state index is 12.2. The van der Waals surface area contributed by atoms with E-state index in [9.17, 15) is 4.79 Å². The predicted molar refractivity (Wildman–Crippen MR) is 102 cm³/mol. The molecule has 3 aromatic heterocycles. The summed E-state index contributed by atoms with van der Waals surface area (Å²) >= 11 is 1.66. The molecule has 3 N–H and O–H groups in total. The zero-order valence-corrected chi connectivity index (χ0v) is 15.5. The molecule has 0 aliphatic carbocycles. The molecule has 0 spiro atoms. The summed E-state index contributed by atoms with van der Waals surface area (Å²) in [6.07, 6.45) is 7.53. The fourth-order valence-corrected chi connectivity index (χ4v) is 4.14. The van der Waals surface area contributed by atoms with Crippen LogP contribution in [-0.4, -0.2) is 20.4 Å². The molecule has 0 fully saturated rings. The lowest BCUT2D eigenvalue weighted by Crippen LogP contribution is -2.13. The van der Waals surface area contributed by atoms with Crippen LogP contribution in [0.4, 0.5) is 0 Å². The van der Waals surface area contributed by atoms with E-state index < -0.39 is 0 Å². The van der Waals surface area contributed by atoms with Gasteiger partial charge in [-0.1, -0.05) is 19.4 Å². The quantitative estimate of drug-likeness (QED) is 0.641. The predicted octanol–water partition coefficient (Wildman–Crippen LogP) is 3.93. The van der Waals surface area contributed by atoms with E-state index in [4.69, 9.17) is 5.73 Å². The smallest absolute Gasteiger partial charge is 0.251 e. The van der Waals surface area contributed by atoms with Crippen LogP contribution >= 0.6 is 11.3 Å². The Morgan fingerprint density at radius 2 is 2.24 bits per heavy atom. The van der Waals surface area contributed by atoms with E-state index in [0.29, 0.717) is 5.56 Å². The Hall–Kier alpha value is -2.34. The summed E-state index contributed by atoms with van der Waals surface area (Å²) in [6, 6.07) is 4.09. The minimum atomic E-state index is -0.348. The highest BCUT2D eigenvalue weighted by atomic mass is 32.1. The lowest BCUT2D eigenvalue weighted by Gasteiger charge is -2.12. The molecule has 0 saturated carbocycles. The molecule has 1 amide bonds. The van der Waals surface area contributed by atoms with Gasteiger partial charge in [0.25, 0.3) is 5.91 Å². The molecule has 0 aliphatic heterocycles. The number of thiophene rings is 1. The van der Waals surface area contributed by atoms with Crippen molar-refractivity contribution < 1.29 is 4.79 Å². The number of hydrogen-bond donors (Lipinski definition) is 2. The fourth-order valence-electron chi connectivity index (χ4n) is 3.35. The number of H-pyrrole nitrogens is 1. The Balaban J connectivity index is 2.08. The van der Waals surface area contributed by atoms with Gasteiger partial charge in [0.15, 0.2) is 0 Å². The minimum absolute atomic E-state index is 0.348. The highest BCUT2D eigenvalue weighted by molar-refractivity contribution is 7.13. The normalized spacial score (nSPS) is 11.1. The average molecular weight is 356 g/mol. The summed E-state index contributed by atoms with van der Waals surface area (Å²) < 4.78 is 2.27. The standard InChI is InChI=1S/C19H24N4OS/c1-3-4-6-15-18(16-7-5-10-25-16)17(19(20)24)13(2)23(15)9-8-14-11-21-12-22-14/h5,7,10-12H,3-4,6,8-9H2,1-2H3,(H2,20,24)(H,21,22). The number of nitrogens with zero attached hydrogens (tertiary/aromatic N) is 2. The van der Waals surface area contributed by atoms with Gasteiger partial charge in [-0.25, -0.2) is 4.98 Å². The molecule has 6 heteroatoms. The van der Waals surface area contributed by atoms with Crippen LogP contribution in [0.2, 0.25) is 0 Å². The zero-order chi connectivity index (χ0) is 17.8. The molecule has 25 heavy (non-hydrogen) atoms. The number of carbonyl (C=O) groups is 1. The number of hydrogen-bond acceptors (Lipinski definition) is 3. The van der Waals surface area contributed by atoms with Gasteiger partial charge in [0.05, 0.1) is 11.9 Å². The highest BCUT2D eigenvalue weighted by Gasteiger charge is 2.24. The molecule has 0 bridgehead atoms. The first-order valence-electron chi connectivity index (χ1n) is 8.66. The molecule has 0 radical (unpaired) electrons. The van der Waals surface area contributed by atoms with Gasteiger partial charge in [0.2, 0.25) is 0 Å². The van der Waals surface area contributed by atoms with Gasteiger partial charge in [-0.3, -0.25) is 4.79 Å². The third-order valence-electron chi connectivity index (χ3n) is 4.57. The van der Waals surface area contributed by atoms with Gasteiger partial charge in [0, 0.05) is 46.7 Å². The maximum atomic E-state index is 12.2. The van der Waals surface area contributed by atoms with Crippen LogP contribution in [0.25, 0.3) is 10.4 Å². The highest BCUT2D eigenvalue weighted by Crippen LogP contribution is 2.36. The van der Waals surface area contributed by atoms with E-state index in [2.05, 4.69) is 27.5 Å². The Morgan fingerprint density at radius 1 is 1.40 bits per heavy atom. The number of amides is 1. The maximum Gasteiger partial charge on any atom is 0.251 e. The second kappa shape index (κ2) is 7.70. The second-order valence-electron chi connectivity index (χ2n) is 6.21. The average Bonchev–Trinajstić information content (AvgIpc) is 3.32. The summed E-state index contributed by atoms with van der Waals surface area (Å²) in [5.41, 5.74) is 10.7. The van der Waals surface area contributed by atoms with E-state index in [-0.39, 0.29) is 5.91 Å². The number of nitrogens with two attached hydrogens (primary N) is 1. The third-order valence-corrected chi connectivity index (χ3v) is 5.46. The van der Waals surface area contributed by atoms with Gasteiger partial charge >= 0.3 is 0 Å². The van der Waals surface area contributed by atoms with E-state index in [1.54, 1.807) is 17.7 Å². The summed E-state index contributed by atoms with van der Waals surface area (Å²) in [7, 11) is 0. The van der Waals surface area contributed by atoms with Crippen molar-refractivity contribution in [2.24, 2.45) is 5.73 Å². The molecular formula is C19H24N4OS. The SMILES string of the molecule is CCCCc1c(-c2cccs2)c(C(N)=O)c(C)n1CCc1cnc[nH]1. The number of aryl methyl sites for hydroxylation is 1. The van der Waals surface area contributed by atoms with Crippen LogP contribution in [-0.2, 0) is 19.4 Å². The molecule has 0 aliphatic rings. The van der Waals surface area contributed by atoms with Crippen molar-refractivity contribution in [1.29, 1.82) is 0 Å². The van der Waals surface area contributed by atoms with Crippen molar-refractivity contribution in [1.82, 2.24) is 14.5 Å². The number of nitrogens with one attached hydrogen (secondary N) is 1. The first-order valence-corrected chi connectivity index (χ1v) is 9.54. The minimum Gasteiger partial charge on any atom is -0.366 e. The first-order chi connectivity index (χ1) is 12.1. The van der Waals surface area contributed by atoms with Crippen molar-refractivity contribution in [3.05, 3.63) is 52.7 Å². The monoisotopic (exact) mass is 356 g/mol. The topological polar surface area (TPSA) is 76.7 Å². The Morgan fingerprint density at radius 3 is 2.84 bits per heavy atom. The van der Waals surface area contributed by atoms with Crippen molar-refractivity contribution in [2.45, 2.75) is 46.1 Å². The Kier molecular flexibility index (Phi) is 5.38. The van der Waals surface area contributed by atoms with Gasteiger partial charge < -0.3 is 15.3 Å². The summed E-state index contributed by atoms with van der Waals surface area (Å²) in [5.74, 6) is -0.348. The second-order valence-corrected chi connectivity index (χ2v) is 7.15. The Labute approximate surface area is 151 Å². The number of imidazole rings is 1. The van der Waals surface area contributed by atoms with E-state index in [0.717, 1.165) is 54.1 Å². The molecule has 0 atom stereocenters. The molecule has 0 aromatic carbocycles. The van der Waals surface area contributed by atoms with Gasteiger partial charge in [-0.05, 0) is 31.2 Å². The van der Waals surface area contributed by atoms with Gasteiger partial charge in [-0.15, -0.1) is 11.3 Å². The fraction of sp³-hybridized carbons (Fsp3) is 0.368. The largest absolute Gasteiger partial charge is 0.366 e. The molecule has 3 heterocycles. The number of aromatic nitrogens is 3. The number of primary amides is 1. The molecule has 3 aromatic rings. The summed E-state index contributed by atoms with van der Waals surface area (Å²) in [5, 5.41) is 2.04. The zero-order valence-electron chi connectivity index (χ0n) is 14.7. The van der Waals surface area contributed by atoms with Crippen molar-refractivity contribution >= 4 is 17.2 Å². The van der Waals surface area contributed by atoms with Crippen molar-refractivity contribution in [3.8, 4) is 10.4 Å². The van der Waals surface area contributed by atoms with Gasteiger partial charge in [-0.2, -0.15) is 0 Å². The van der Waals surface area contributed by atoms with Crippen LogP contribution in [0.1, 0.15) is 47.2 Å². The van der Waals surface area contributed by atoms with Crippen LogP contribution in [0.5, 0.6) is 0 Å². The van der Waals surface area contributed by atoms with E-state index >= 15 is 0 Å². The third kappa shape index (κ3) is 3.54. The number of rotatable bonds is 8. The first kappa shape index (κ1) is 17.5. The molecule has 132 valence electrons. The van der Waals surface area contributed by atoms with E-state index in [1.165, 1.54) is 5.69 Å². The lowest BCUT2D eigenvalue weighted by atomic mass is 10.0. The van der Waals surface area contributed by atoms with Gasteiger partial charge in [0.1, 0.15) is 0 Å². The van der Waals surface area contributed by atoms with Crippen molar-refractivity contribution in [2.75, 3.05) is 0 Å². The molecule has 3 rings (SSSR count). The Bertz CT molecular complexity index is 832. The van der Waals surface area contributed by atoms with Crippen LogP contribution in [0.3, 0.4) is 0 Å². The molecular weight excluding hydrogens is 332 g/mol. The van der Waals surface area contributed by atoms with Crippen LogP contribution in [0, 0.1) is 6.92 Å². The number of aromatic amines is 1.